The van der Waals surface area contributed by atoms with E-state index >= 15 is 0 Å². The molecule has 0 bridgehead atoms. The third kappa shape index (κ3) is 2.97. The monoisotopic (exact) mass is 186 g/mol. The summed E-state index contributed by atoms with van der Waals surface area (Å²) in [4.78, 5) is 12.9. The average Bonchev–Trinajstić information content (AvgIpc) is 2.30. The van der Waals surface area contributed by atoms with Gasteiger partial charge in [0.1, 0.15) is 6.04 Å². The lowest BCUT2D eigenvalue weighted by molar-refractivity contribution is -0.143. The van der Waals surface area contributed by atoms with Gasteiger partial charge in [-0.15, -0.1) is 0 Å². The highest BCUT2D eigenvalue weighted by atomic mass is 16.4. The molecule has 4 nitrogen and oxygen atoms in total. The van der Waals surface area contributed by atoms with Crippen LogP contribution in [-0.4, -0.2) is 41.7 Å². The van der Waals surface area contributed by atoms with Crippen molar-refractivity contribution in [3.8, 4) is 0 Å². The summed E-state index contributed by atoms with van der Waals surface area (Å²) < 4.78 is 0. The fourth-order valence-electron chi connectivity index (χ4n) is 1.88. The Morgan fingerprint density at radius 1 is 1.46 bits per heavy atom. The zero-order chi connectivity index (χ0) is 9.68. The Morgan fingerprint density at radius 3 is 2.85 bits per heavy atom. The maximum atomic E-state index is 10.9. The summed E-state index contributed by atoms with van der Waals surface area (Å²) in [6, 6.07) is -0.300. The summed E-state index contributed by atoms with van der Waals surface area (Å²) in [7, 11) is 0. The van der Waals surface area contributed by atoms with E-state index < -0.39 is 5.97 Å². The van der Waals surface area contributed by atoms with Crippen LogP contribution in [0, 0.1) is 0 Å². The van der Waals surface area contributed by atoms with Gasteiger partial charge in [-0.2, -0.15) is 0 Å². The molecule has 1 heterocycles. The molecule has 0 spiro atoms. The van der Waals surface area contributed by atoms with Gasteiger partial charge in [-0.05, 0) is 19.4 Å². The van der Waals surface area contributed by atoms with Crippen LogP contribution in [0.5, 0.6) is 0 Å². The first kappa shape index (κ1) is 10.5. The van der Waals surface area contributed by atoms with Crippen molar-refractivity contribution in [3.05, 3.63) is 0 Å². The summed E-state index contributed by atoms with van der Waals surface area (Å²) in [6.45, 7) is 2.13. The van der Waals surface area contributed by atoms with Gasteiger partial charge < -0.3 is 10.8 Å². The molecule has 76 valence electrons. The standard InChI is InChI=1S/C9H18N2O2/c10-5-7-11-6-3-1-2-4-8(11)9(12)13/h8H,1-7,10H2,(H,12,13). The van der Waals surface area contributed by atoms with Gasteiger partial charge in [-0.25, -0.2) is 0 Å². The number of likely N-dealkylation sites (tertiary alicyclic amines) is 1. The largest absolute Gasteiger partial charge is 0.480 e. The third-order valence-corrected chi connectivity index (χ3v) is 2.57. The molecule has 3 N–H and O–H groups in total. The summed E-state index contributed by atoms with van der Waals surface area (Å²) in [5.74, 6) is -0.699. The minimum Gasteiger partial charge on any atom is -0.480 e. The smallest absolute Gasteiger partial charge is 0.320 e. The molecule has 0 aromatic rings. The van der Waals surface area contributed by atoms with Crippen molar-refractivity contribution in [2.45, 2.75) is 31.7 Å². The van der Waals surface area contributed by atoms with Gasteiger partial charge in [0.2, 0.25) is 0 Å². The van der Waals surface area contributed by atoms with Crippen LogP contribution in [0.15, 0.2) is 0 Å². The number of nitrogens with two attached hydrogens (primary N) is 1. The summed E-state index contributed by atoms with van der Waals surface area (Å²) in [5.41, 5.74) is 5.44. The summed E-state index contributed by atoms with van der Waals surface area (Å²) in [6.07, 6.45) is 4.04. The van der Waals surface area contributed by atoms with Gasteiger partial charge in [0.05, 0.1) is 0 Å². The molecule has 0 saturated carbocycles. The summed E-state index contributed by atoms with van der Waals surface area (Å²) >= 11 is 0. The van der Waals surface area contributed by atoms with Crippen molar-refractivity contribution in [1.29, 1.82) is 0 Å². The average molecular weight is 186 g/mol. The van der Waals surface area contributed by atoms with Crippen LogP contribution in [-0.2, 0) is 4.79 Å². The molecule has 1 rings (SSSR count). The third-order valence-electron chi connectivity index (χ3n) is 2.57. The number of hydrogen-bond acceptors (Lipinski definition) is 3. The van der Waals surface area contributed by atoms with Crippen molar-refractivity contribution in [3.63, 3.8) is 0 Å². The van der Waals surface area contributed by atoms with E-state index in [-0.39, 0.29) is 6.04 Å². The van der Waals surface area contributed by atoms with E-state index in [1.165, 1.54) is 0 Å². The Bertz CT molecular complexity index is 173. The molecular weight excluding hydrogens is 168 g/mol. The molecule has 4 heteroatoms. The Balaban J connectivity index is 2.55. The van der Waals surface area contributed by atoms with Crippen molar-refractivity contribution in [2.75, 3.05) is 19.6 Å². The highest BCUT2D eigenvalue weighted by Gasteiger charge is 2.25. The van der Waals surface area contributed by atoms with Crippen molar-refractivity contribution in [1.82, 2.24) is 4.90 Å². The second-order valence-corrected chi connectivity index (χ2v) is 3.53. The van der Waals surface area contributed by atoms with Crippen LogP contribution in [0.4, 0.5) is 0 Å². The van der Waals surface area contributed by atoms with Gasteiger partial charge in [0.25, 0.3) is 0 Å². The maximum Gasteiger partial charge on any atom is 0.320 e. The number of nitrogens with zero attached hydrogens (tertiary/aromatic N) is 1. The predicted octanol–water partition coefficient (Wildman–Crippen LogP) is 0.274. The lowest BCUT2D eigenvalue weighted by atomic mass is 10.1. The van der Waals surface area contributed by atoms with E-state index in [4.69, 9.17) is 10.8 Å². The quantitative estimate of drug-likeness (QED) is 0.664. The number of carboxylic acid groups (broad SMARTS) is 1. The first-order valence-electron chi connectivity index (χ1n) is 4.92. The molecule has 1 aliphatic rings. The van der Waals surface area contributed by atoms with Crippen LogP contribution in [0.2, 0.25) is 0 Å². The number of aliphatic carboxylic acids is 1. The lowest BCUT2D eigenvalue weighted by Crippen LogP contribution is -2.43. The Labute approximate surface area is 78.7 Å². The van der Waals surface area contributed by atoms with E-state index in [1.807, 2.05) is 4.90 Å². The van der Waals surface area contributed by atoms with Gasteiger partial charge in [0, 0.05) is 13.1 Å². The number of carboxylic acids is 1. The van der Waals surface area contributed by atoms with E-state index in [0.717, 1.165) is 32.2 Å². The molecule has 0 aromatic carbocycles. The fraction of sp³-hybridized carbons (Fsp3) is 0.889. The van der Waals surface area contributed by atoms with Gasteiger partial charge in [-0.1, -0.05) is 12.8 Å². The second-order valence-electron chi connectivity index (χ2n) is 3.53. The van der Waals surface area contributed by atoms with E-state index in [9.17, 15) is 4.79 Å². The lowest BCUT2D eigenvalue weighted by Gasteiger charge is -2.25. The minimum absolute atomic E-state index is 0.300. The molecule has 1 atom stereocenters. The van der Waals surface area contributed by atoms with Crippen molar-refractivity contribution >= 4 is 5.97 Å². The highest BCUT2D eigenvalue weighted by Crippen LogP contribution is 2.16. The number of rotatable bonds is 3. The minimum atomic E-state index is -0.699. The number of hydrogen-bond donors (Lipinski definition) is 2. The van der Waals surface area contributed by atoms with Crippen LogP contribution >= 0.6 is 0 Å². The Kier molecular flexibility index (Phi) is 4.18. The molecule has 1 unspecified atom stereocenters. The number of carbonyl (C=O) groups is 1. The van der Waals surface area contributed by atoms with Crippen LogP contribution in [0.25, 0.3) is 0 Å². The molecular formula is C9H18N2O2. The van der Waals surface area contributed by atoms with Gasteiger partial charge in [-0.3, -0.25) is 9.69 Å². The van der Waals surface area contributed by atoms with Crippen LogP contribution in [0.1, 0.15) is 25.7 Å². The molecule has 0 aliphatic carbocycles. The van der Waals surface area contributed by atoms with E-state index in [0.29, 0.717) is 13.1 Å². The van der Waals surface area contributed by atoms with Crippen LogP contribution < -0.4 is 5.73 Å². The zero-order valence-electron chi connectivity index (χ0n) is 7.91. The molecule has 1 aliphatic heterocycles. The highest BCUT2D eigenvalue weighted by molar-refractivity contribution is 5.73. The maximum absolute atomic E-state index is 10.9. The topological polar surface area (TPSA) is 66.6 Å². The molecule has 0 aromatic heterocycles. The second kappa shape index (κ2) is 5.19. The molecule has 0 amide bonds. The predicted molar refractivity (Wildman–Crippen MR) is 50.5 cm³/mol. The van der Waals surface area contributed by atoms with E-state index in [2.05, 4.69) is 0 Å². The fourth-order valence-corrected chi connectivity index (χ4v) is 1.88. The first-order chi connectivity index (χ1) is 6.25. The van der Waals surface area contributed by atoms with E-state index in [1.54, 1.807) is 0 Å². The zero-order valence-corrected chi connectivity index (χ0v) is 7.91. The van der Waals surface area contributed by atoms with Crippen LogP contribution in [0.3, 0.4) is 0 Å². The molecule has 13 heavy (non-hydrogen) atoms. The Morgan fingerprint density at radius 2 is 2.23 bits per heavy atom. The van der Waals surface area contributed by atoms with Gasteiger partial charge >= 0.3 is 5.97 Å². The van der Waals surface area contributed by atoms with Crippen molar-refractivity contribution in [2.24, 2.45) is 5.73 Å². The molecule has 1 saturated heterocycles. The molecule has 1 fully saturated rings. The molecule has 0 radical (unpaired) electrons. The normalized spacial score (nSPS) is 25.5. The van der Waals surface area contributed by atoms with Gasteiger partial charge in [0.15, 0.2) is 0 Å². The SMILES string of the molecule is NCCN1CCCCCC1C(=O)O. The van der Waals surface area contributed by atoms with Crippen molar-refractivity contribution < 1.29 is 9.90 Å². The first-order valence-corrected chi connectivity index (χ1v) is 4.92. The summed E-state index contributed by atoms with van der Waals surface area (Å²) in [5, 5.41) is 8.98. The Hall–Kier alpha value is -0.610.